The first-order valence-electron chi connectivity index (χ1n) is 9.27. The van der Waals surface area contributed by atoms with Crippen LogP contribution in [-0.2, 0) is 23.3 Å². The predicted molar refractivity (Wildman–Crippen MR) is 103 cm³/mol. The number of benzene rings is 2. The Bertz CT molecular complexity index is 1070. The Morgan fingerprint density at radius 3 is 2.52 bits per heavy atom. The van der Waals surface area contributed by atoms with Crippen molar-refractivity contribution in [2.45, 2.75) is 38.4 Å². The van der Waals surface area contributed by atoms with E-state index in [1.54, 1.807) is 4.90 Å². The topological polar surface area (TPSA) is 56.4 Å². The molecule has 1 atom stereocenters. The maximum atomic E-state index is 13.2. The van der Waals surface area contributed by atoms with Gasteiger partial charge in [-0.15, -0.1) is 0 Å². The van der Waals surface area contributed by atoms with E-state index in [0.717, 1.165) is 27.7 Å². The molecule has 136 valence electrons. The van der Waals surface area contributed by atoms with E-state index in [4.69, 9.17) is 0 Å². The number of hydrogen-bond acceptors (Lipinski definition) is 2. The second-order valence-corrected chi connectivity index (χ2v) is 7.87. The monoisotopic (exact) mass is 359 g/mol. The van der Waals surface area contributed by atoms with E-state index in [0.29, 0.717) is 13.0 Å². The van der Waals surface area contributed by atoms with Crippen LogP contribution in [-0.4, -0.2) is 32.8 Å². The Kier molecular flexibility index (Phi) is 3.26. The van der Waals surface area contributed by atoms with Crippen molar-refractivity contribution in [2.75, 3.05) is 0 Å². The maximum Gasteiger partial charge on any atom is 0.328 e. The van der Waals surface area contributed by atoms with Crippen LogP contribution in [0.4, 0.5) is 4.79 Å². The lowest BCUT2D eigenvalue weighted by molar-refractivity contribution is -0.129. The van der Waals surface area contributed by atoms with Gasteiger partial charge in [0, 0.05) is 23.0 Å². The molecule has 1 aromatic heterocycles. The van der Waals surface area contributed by atoms with Gasteiger partial charge in [-0.25, -0.2) is 4.79 Å². The number of aromatic amines is 1. The van der Waals surface area contributed by atoms with Gasteiger partial charge in [0.1, 0.15) is 6.04 Å². The summed E-state index contributed by atoms with van der Waals surface area (Å²) in [5.41, 5.74) is 3.62. The molecule has 3 aromatic rings. The van der Waals surface area contributed by atoms with Crippen molar-refractivity contribution < 1.29 is 9.59 Å². The summed E-state index contributed by atoms with van der Waals surface area (Å²) in [6, 6.07) is 17.2. The van der Waals surface area contributed by atoms with Gasteiger partial charge in [-0.2, -0.15) is 0 Å². The molecule has 2 aromatic carbocycles. The van der Waals surface area contributed by atoms with E-state index in [9.17, 15) is 9.59 Å². The number of carbonyl (C=O) groups is 2. The fourth-order valence-corrected chi connectivity index (χ4v) is 4.61. The first-order chi connectivity index (χ1) is 13.0. The number of carbonyl (C=O) groups excluding carboxylic acids is 2. The van der Waals surface area contributed by atoms with Crippen molar-refractivity contribution in [3.8, 4) is 0 Å². The molecular formula is C22H21N3O2. The van der Waals surface area contributed by atoms with Crippen molar-refractivity contribution in [3.63, 3.8) is 0 Å². The number of para-hydroxylation sites is 1. The van der Waals surface area contributed by atoms with Crippen molar-refractivity contribution in [1.82, 2.24) is 14.8 Å². The third-order valence-corrected chi connectivity index (χ3v) is 5.91. The zero-order valence-corrected chi connectivity index (χ0v) is 15.4. The number of rotatable bonds is 2. The van der Waals surface area contributed by atoms with Crippen LogP contribution in [0.5, 0.6) is 0 Å². The lowest BCUT2D eigenvalue weighted by Crippen LogP contribution is -2.52. The SMILES string of the molecule is CC1(C)c2[nH]c3ccccc3c2C[C@H]2C(=O)N(Cc3ccccc3)C(=O)N21. The number of H-pyrrole nitrogens is 1. The van der Waals surface area contributed by atoms with Gasteiger partial charge >= 0.3 is 6.03 Å². The van der Waals surface area contributed by atoms with Crippen molar-refractivity contribution in [1.29, 1.82) is 0 Å². The summed E-state index contributed by atoms with van der Waals surface area (Å²) in [6.45, 7) is 4.35. The first kappa shape index (κ1) is 16.1. The summed E-state index contributed by atoms with van der Waals surface area (Å²) in [4.78, 5) is 33.0. The zero-order chi connectivity index (χ0) is 18.8. The Balaban J connectivity index is 1.58. The minimum Gasteiger partial charge on any atom is -0.356 e. The molecule has 0 unspecified atom stereocenters. The normalized spacial score (nSPS) is 20.9. The van der Waals surface area contributed by atoms with E-state index >= 15 is 0 Å². The predicted octanol–water partition coefficient (Wildman–Crippen LogP) is 3.79. The molecule has 5 heteroatoms. The molecule has 0 radical (unpaired) electrons. The van der Waals surface area contributed by atoms with Crippen LogP contribution in [0.1, 0.15) is 30.7 Å². The minimum absolute atomic E-state index is 0.104. The van der Waals surface area contributed by atoms with Crippen LogP contribution in [0.15, 0.2) is 54.6 Å². The van der Waals surface area contributed by atoms with E-state index in [-0.39, 0.29) is 11.9 Å². The number of hydrogen-bond donors (Lipinski definition) is 1. The molecule has 1 N–H and O–H groups in total. The Morgan fingerprint density at radius 1 is 1.04 bits per heavy atom. The summed E-state index contributed by atoms with van der Waals surface area (Å²) in [6.07, 6.45) is 0.554. The number of amides is 3. The molecule has 1 saturated heterocycles. The fourth-order valence-electron chi connectivity index (χ4n) is 4.61. The second-order valence-electron chi connectivity index (χ2n) is 7.87. The summed E-state index contributed by atoms with van der Waals surface area (Å²) in [5.74, 6) is -0.104. The van der Waals surface area contributed by atoms with Crippen LogP contribution in [0.25, 0.3) is 10.9 Å². The van der Waals surface area contributed by atoms with Gasteiger partial charge in [0.15, 0.2) is 0 Å². The molecule has 2 aliphatic rings. The van der Waals surface area contributed by atoms with Gasteiger partial charge in [0.25, 0.3) is 5.91 Å². The molecule has 2 aliphatic heterocycles. The molecule has 3 heterocycles. The molecule has 0 saturated carbocycles. The first-order valence-corrected chi connectivity index (χ1v) is 9.27. The minimum atomic E-state index is -0.574. The number of nitrogens with one attached hydrogen (secondary N) is 1. The van der Waals surface area contributed by atoms with Crippen LogP contribution in [0, 0.1) is 0 Å². The Morgan fingerprint density at radius 2 is 1.74 bits per heavy atom. The summed E-state index contributed by atoms with van der Waals surface area (Å²) in [5, 5.41) is 1.14. The second kappa shape index (κ2) is 5.46. The third-order valence-electron chi connectivity index (χ3n) is 5.91. The number of urea groups is 1. The van der Waals surface area contributed by atoms with Crippen LogP contribution < -0.4 is 0 Å². The molecule has 1 fully saturated rings. The van der Waals surface area contributed by atoms with Gasteiger partial charge in [0.05, 0.1) is 12.1 Å². The largest absolute Gasteiger partial charge is 0.356 e. The summed E-state index contributed by atoms with van der Waals surface area (Å²) >= 11 is 0. The Hall–Kier alpha value is -3.08. The van der Waals surface area contributed by atoms with E-state index in [1.807, 2.05) is 62.4 Å². The molecule has 5 nitrogen and oxygen atoms in total. The highest BCUT2D eigenvalue weighted by molar-refractivity contribution is 6.05. The highest BCUT2D eigenvalue weighted by Crippen LogP contribution is 2.44. The van der Waals surface area contributed by atoms with Gasteiger partial charge in [-0.1, -0.05) is 48.5 Å². The molecule has 0 aliphatic carbocycles. The molecule has 3 amide bonds. The Labute approximate surface area is 157 Å². The van der Waals surface area contributed by atoms with Crippen LogP contribution >= 0.6 is 0 Å². The van der Waals surface area contributed by atoms with Crippen LogP contribution in [0.3, 0.4) is 0 Å². The molecule has 0 spiro atoms. The number of fused-ring (bicyclic) bond motifs is 4. The number of imide groups is 1. The van der Waals surface area contributed by atoms with Crippen molar-refractivity contribution in [2.24, 2.45) is 0 Å². The van der Waals surface area contributed by atoms with Gasteiger partial charge in [-0.05, 0) is 31.0 Å². The van der Waals surface area contributed by atoms with E-state index in [2.05, 4.69) is 11.1 Å². The van der Waals surface area contributed by atoms with Crippen molar-refractivity contribution in [3.05, 3.63) is 71.4 Å². The fraction of sp³-hybridized carbons (Fsp3) is 0.273. The highest BCUT2D eigenvalue weighted by atomic mass is 16.2. The van der Waals surface area contributed by atoms with Crippen LogP contribution in [0.2, 0.25) is 0 Å². The lowest BCUT2D eigenvalue weighted by Gasteiger charge is -2.42. The lowest BCUT2D eigenvalue weighted by atomic mass is 9.85. The van der Waals surface area contributed by atoms with Gasteiger partial charge in [-0.3, -0.25) is 9.69 Å². The summed E-state index contributed by atoms with van der Waals surface area (Å²) < 4.78 is 0. The average molecular weight is 359 g/mol. The number of aromatic nitrogens is 1. The van der Waals surface area contributed by atoms with Gasteiger partial charge < -0.3 is 9.88 Å². The molecule has 27 heavy (non-hydrogen) atoms. The quantitative estimate of drug-likeness (QED) is 0.708. The van der Waals surface area contributed by atoms with Gasteiger partial charge in [0.2, 0.25) is 0 Å². The highest BCUT2D eigenvalue weighted by Gasteiger charge is 2.55. The smallest absolute Gasteiger partial charge is 0.328 e. The molecular weight excluding hydrogens is 338 g/mol. The average Bonchev–Trinajstić information content (AvgIpc) is 3.15. The third kappa shape index (κ3) is 2.17. The standard InChI is InChI=1S/C22H21N3O2/c1-22(2)19-16(15-10-6-7-11-17(15)23-19)12-18-20(26)24(21(27)25(18)22)13-14-8-4-3-5-9-14/h3-11,18,23H,12-13H2,1-2H3/t18-/m0/s1. The van der Waals surface area contributed by atoms with E-state index in [1.165, 1.54) is 4.90 Å². The summed E-state index contributed by atoms with van der Waals surface area (Å²) in [7, 11) is 0. The van der Waals surface area contributed by atoms with E-state index < -0.39 is 11.6 Å². The molecule has 5 rings (SSSR count). The maximum absolute atomic E-state index is 13.2. The number of nitrogens with zero attached hydrogens (tertiary/aromatic N) is 2. The zero-order valence-electron chi connectivity index (χ0n) is 15.4. The molecule has 0 bridgehead atoms. The van der Waals surface area contributed by atoms with Crippen molar-refractivity contribution >= 4 is 22.8 Å².